The number of carbonyl (C=O) groups is 2. The maximum absolute atomic E-state index is 11.9. The fraction of sp³-hybridized carbons (Fsp3) is 0.167. The number of carbonyl (C=O) groups excluding carboxylic acids is 2. The third kappa shape index (κ3) is 3.80. The number of halogens is 1. The lowest BCUT2D eigenvalue weighted by Gasteiger charge is -2.12. The predicted molar refractivity (Wildman–Crippen MR) is 95.3 cm³/mol. The Morgan fingerprint density at radius 2 is 1.80 bits per heavy atom. The van der Waals surface area contributed by atoms with Gasteiger partial charge in [0, 0.05) is 29.3 Å². The highest BCUT2D eigenvalue weighted by Crippen LogP contribution is 2.24. The number of H-pyrrole nitrogens is 1. The van der Waals surface area contributed by atoms with Crippen LogP contribution < -0.4 is 16.6 Å². The third-order valence-electron chi connectivity index (χ3n) is 4.03. The molecule has 1 fully saturated rings. The molecule has 1 aliphatic rings. The van der Waals surface area contributed by atoms with Gasteiger partial charge in [-0.15, -0.1) is 0 Å². The van der Waals surface area contributed by atoms with E-state index in [2.05, 4.69) is 10.3 Å². The van der Waals surface area contributed by atoms with Crippen molar-refractivity contribution in [2.75, 3.05) is 0 Å². The van der Waals surface area contributed by atoms with E-state index in [9.17, 15) is 14.4 Å². The molecule has 2 amide bonds. The first-order valence-electron chi connectivity index (χ1n) is 7.74. The van der Waals surface area contributed by atoms with Crippen LogP contribution in [-0.2, 0) is 4.79 Å². The number of nitrogens with one attached hydrogen (secondary N) is 2. The zero-order chi connectivity index (χ0) is 18.0. The van der Waals surface area contributed by atoms with E-state index in [1.165, 1.54) is 6.07 Å². The Labute approximate surface area is 148 Å². The van der Waals surface area contributed by atoms with Crippen molar-refractivity contribution in [3.8, 4) is 0 Å². The summed E-state index contributed by atoms with van der Waals surface area (Å²) in [5, 5.41) is 2.97. The number of benzene rings is 1. The van der Waals surface area contributed by atoms with E-state index in [0.717, 1.165) is 11.1 Å². The monoisotopic (exact) mass is 357 g/mol. The number of aromatic amines is 1. The molecule has 25 heavy (non-hydrogen) atoms. The molecule has 7 heteroatoms. The van der Waals surface area contributed by atoms with Crippen molar-refractivity contribution in [3.63, 3.8) is 0 Å². The molecule has 1 aromatic heterocycles. The molecule has 2 heterocycles. The molecule has 0 radical (unpaired) electrons. The van der Waals surface area contributed by atoms with Crippen LogP contribution >= 0.6 is 11.6 Å². The summed E-state index contributed by atoms with van der Waals surface area (Å²) in [7, 11) is 0. The minimum absolute atomic E-state index is 0.00530. The lowest BCUT2D eigenvalue weighted by Crippen LogP contribution is -2.23. The first-order chi connectivity index (χ1) is 11.9. The maximum atomic E-state index is 11.9. The second-order valence-electron chi connectivity index (χ2n) is 5.78. The predicted octanol–water partition coefficient (Wildman–Crippen LogP) is 1.84. The average Bonchev–Trinajstić information content (AvgIpc) is 3.00. The highest BCUT2D eigenvalue weighted by Gasteiger charge is 2.20. The Morgan fingerprint density at radius 1 is 1.12 bits per heavy atom. The Bertz CT molecular complexity index is 916. The van der Waals surface area contributed by atoms with E-state index < -0.39 is 11.5 Å². The lowest BCUT2D eigenvalue weighted by molar-refractivity contribution is -0.119. The van der Waals surface area contributed by atoms with Crippen LogP contribution in [0.3, 0.4) is 0 Å². The Balaban J connectivity index is 2.06. The third-order valence-corrected chi connectivity index (χ3v) is 4.33. The normalized spacial score (nSPS) is 17.4. The van der Waals surface area contributed by atoms with Gasteiger partial charge in [0.05, 0.1) is 0 Å². The molecular weight excluding hydrogens is 342 g/mol. The zero-order valence-corrected chi connectivity index (χ0v) is 14.0. The van der Waals surface area contributed by atoms with E-state index in [-0.39, 0.29) is 17.0 Å². The SMILES string of the molecule is NC(=O)c1ccc(C(=C[C@H]2CCC(=O)N2)c2ccc(Cl)c(=O)[nH]2)cc1. The van der Waals surface area contributed by atoms with Crippen LogP contribution in [0.25, 0.3) is 5.57 Å². The molecule has 0 saturated carbocycles. The van der Waals surface area contributed by atoms with Gasteiger partial charge < -0.3 is 16.0 Å². The molecule has 0 unspecified atom stereocenters. The molecule has 0 spiro atoms. The second kappa shape index (κ2) is 6.94. The quantitative estimate of drug-likeness (QED) is 0.777. The van der Waals surface area contributed by atoms with Gasteiger partial charge in [-0.05, 0) is 36.2 Å². The average molecular weight is 358 g/mol. The first kappa shape index (κ1) is 17.0. The van der Waals surface area contributed by atoms with Gasteiger partial charge >= 0.3 is 0 Å². The molecule has 1 saturated heterocycles. The number of hydrogen-bond acceptors (Lipinski definition) is 3. The molecular formula is C18H16ClN3O3. The highest BCUT2D eigenvalue weighted by molar-refractivity contribution is 6.30. The van der Waals surface area contributed by atoms with Crippen molar-refractivity contribution >= 4 is 29.0 Å². The minimum atomic E-state index is -0.514. The van der Waals surface area contributed by atoms with Gasteiger partial charge in [-0.25, -0.2) is 0 Å². The molecule has 2 aromatic rings. The van der Waals surface area contributed by atoms with Gasteiger partial charge in [-0.3, -0.25) is 14.4 Å². The van der Waals surface area contributed by atoms with E-state index >= 15 is 0 Å². The van der Waals surface area contributed by atoms with Crippen molar-refractivity contribution in [2.45, 2.75) is 18.9 Å². The van der Waals surface area contributed by atoms with Gasteiger partial charge in [0.1, 0.15) is 5.02 Å². The Morgan fingerprint density at radius 3 is 2.36 bits per heavy atom. The molecule has 4 N–H and O–H groups in total. The largest absolute Gasteiger partial charge is 0.366 e. The standard InChI is InChI=1S/C18H16ClN3O3/c19-14-6-7-15(22-18(14)25)13(9-12-5-8-16(23)21-12)10-1-3-11(4-2-10)17(20)24/h1-4,6-7,9,12H,5,8H2,(H2,20,24)(H,21,23)(H,22,25)/t12-/m1/s1. The van der Waals surface area contributed by atoms with Gasteiger partial charge in [-0.1, -0.05) is 29.8 Å². The van der Waals surface area contributed by atoms with Crippen molar-refractivity contribution in [3.05, 3.63) is 74.7 Å². The van der Waals surface area contributed by atoms with Gasteiger partial charge in [0.25, 0.3) is 5.56 Å². The van der Waals surface area contributed by atoms with Crippen LogP contribution in [-0.4, -0.2) is 22.8 Å². The number of aromatic nitrogens is 1. The summed E-state index contributed by atoms with van der Waals surface area (Å²) < 4.78 is 0. The fourth-order valence-corrected chi connectivity index (χ4v) is 2.84. The number of amides is 2. The summed E-state index contributed by atoms with van der Waals surface area (Å²) in [5.41, 5.74) is 7.35. The number of rotatable bonds is 4. The highest BCUT2D eigenvalue weighted by atomic mass is 35.5. The van der Waals surface area contributed by atoms with Gasteiger partial charge in [0.2, 0.25) is 11.8 Å². The molecule has 1 atom stereocenters. The van der Waals surface area contributed by atoms with E-state index in [1.807, 2.05) is 6.08 Å². The fourth-order valence-electron chi connectivity index (χ4n) is 2.73. The van der Waals surface area contributed by atoms with Gasteiger partial charge in [-0.2, -0.15) is 0 Å². The number of primary amides is 1. The smallest absolute Gasteiger partial charge is 0.267 e. The van der Waals surface area contributed by atoms with Crippen molar-refractivity contribution in [1.29, 1.82) is 0 Å². The first-order valence-corrected chi connectivity index (χ1v) is 8.12. The molecule has 1 aliphatic heterocycles. The molecule has 1 aromatic carbocycles. The zero-order valence-electron chi connectivity index (χ0n) is 13.2. The van der Waals surface area contributed by atoms with Crippen LogP contribution in [0.15, 0.2) is 47.3 Å². The van der Waals surface area contributed by atoms with Crippen molar-refractivity contribution in [1.82, 2.24) is 10.3 Å². The molecule has 0 aliphatic carbocycles. The summed E-state index contributed by atoms with van der Waals surface area (Å²) in [5.74, 6) is -0.519. The molecule has 3 rings (SSSR count). The minimum Gasteiger partial charge on any atom is -0.366 e. The Kier molecular flexibility index (Phi) is 4.72. The maximum Gasteiger partial charge on any atom is 0.267 e. The van der Waals surface area contributed by atoms with Crippen LogP contribution in [0.4, 0.5) is 0 Å². The summed E-state index contributed by atoms with van der Waals surface area (Å²) in [4.78, 5) is 37.3. The Hall–Kier alpha value is -2.86. The summed E-state index contributed by atoms with van der Waals surface area (Å²) >= 11 is 5.80. The van der Waals surface area contributed by atoms with Crippen LogP contribution in [0.5, 0.6) is 0 Å². The molecule has 0 bridgehead atoms. The van der Waals surface area contributed by atoms with Gasteiger partial charge in [0.15, 0.2) is 0 Å². The van der Waals surface area contributed by atoms with E-state index in [4.69, 9.17) is 17.3 Å². The number of nitrogens with two attached hydrogens (primary N) is 1. The summed E-state index contributed by atoms with van der Waals surface area (Å²) in [6.07, 6.45) is 3.04. The summed E-state index contributed by atoms with van der Waals surface area (Å²) in [6, 6.07) is 9.82. The molecule has 6 nitrogen and oxygen atoms in total. The van der Waals surface area contributed by atoms with Crippen LogP contribution in [0.1, 0.15) is 34.5 Å². The van der Waals surface area contributed by atoms with Crippen LogP contribution in [0.2, 0.25) is 5.02 Å². The van der Waals surface area contributed by atoms with Crippen molar-refractivity contribution in [2.24, 2.45) is 5.73 Å². The van der Waals surface area contributed by atoms with Crippen molar-refractivity contribution < 1.29 is 9.59 Å². The van der Waals surface area contributed by atoms with Crippen LogP contribution in [0, 0.1) is 0 Å². The van der Waals surface area contributed by atoms with E-state index in [0.29, 0.717) is 24.1 Å². The second-order valence-corrected chi connectivity index (χ2v) is 6.19. The number of pyridine rings is 1. The summed E-state index contributed by atoms with van der Waals surface area (Å²) in [6.45, 7) is 0. The topological polar surface area (TPSA) is 105 Å². The van der Waals surface area contributed by atoms with E-state index in [1.54, 1.807) is 30.3 Å². The lowest BCUT2D eigenvalue weighted by atomic mass is 9.98. The number of hydrogen-bond donors (Lipinski definition) is 3. The molecule has 128 valence electrons.